The van der Waals surface area contributed by atoms with E-state index in [2.05, 4.69) is 30.9 Å². The van der Waals surface area contributed by atoms with E-state index in [0.717, 1.165) is 0 Å². The standard InChI is InChI=1S/C23H22ClFN6O4/c1-34-19-11-28-20(14-7-12(24)3-4-16(14)25)31-21(19)30-17-5-6-26-10-15(17)22(32)29-13-8-18(27-9-13)23(33)35-2/h3-7,10-11,13,18,27H,8-9H2,1-2H3,(H,29,32)(H,26,28,30,31). The van der Waals surface area contributed by atoms with Gasteiger partial charge in [-0.25, -0.2) is 14.4 Å². The Morgan fingerprint density at radius 3 is 2.83 bits per heavy atom. The van der Waals surface area contributed by atoms with Crippen molar-refractivity contribution in [2.24, 2.45) is 0 Å². The van der Waals surface area contributed by atoms with Crippen LogP contribution in [0.25, 0.3) is 11.4 Å². The van der Waals surface area contributed by atoms with Gasteiger partial charge in [0, 0.05) is 30.0 Å². The molecule has 0 bridgehead atoms. The molecule has 1 aromatic carbocycles. The van der Waals surface area contributed by atoms with Gasteiger partial charge in [-0.2, -0.15) is 0 Å². The van der Waals surface area contributed by atoms with Crippen molar-refractivity contribution < 1.29 is 23.5 Å². The molecule has 1 amide bonds. The molecule has 0 radical (unpaired) electrons. The number of anilines is 2. The van der Waals surface area contributed by atoms with E-state index < -0.39 is 17.8 Å². The van der Waals surface area contributed by atoms with E-state index in [-0.39, 0.29) is 40.5 Å². The van der Waals surface area contributed by atoms with Crippen molar-refractivity contribution in [1.82, 2.24) is 25.6 Å². The fourth-order valence-corrected chi connectivity index (χ4v) is 3.82. The molecular formula is C23H22ClFN6O4. The molecule has 12 heteroatoms. The fraction of sp³-hybridized carbons (Fsp3) is 0.261. The monoisotopic (exact) mass is 500 g/mol. The summed E-state index contributed by atoms with van der Waals surface area (Å²) in [5.74, 6) is -0.741. The second-order valence-electron chi connectivity index (χ2n) is 7.67. The largest absolute Gasteiger partial charge is 0.491 e. The number of carbonyl (C=O) groups excluding carboxylic acids is 2. The Balaban J connectivity index is 1.58. The second-order valence-corrected chi connectivity index (χ2v) is 8.11. The van der Waals surface area contributed by atoms with E-state index in [1.54, 1.807) is 6.07 Å². The number of aromatic nitrogens is 3. The van der Waals surface area contributed by atoms with Gasteiger partial charge in [-0.15, -0.1) is 0 Å². The van der Waals surface area contributed by atoms with Gasteiger partial charge in [-0.3, -0.25) is 14.6 Å². The quantitative estimate of drug-likeness (QED) is 0.419. The number of halogens is 2. The number of benzene rings is 1. The van der Waals surface area contributed by atoms with Crippen molar-refractivity contribution in [2.45, 2.75) is 18.5 Å². The molecule has 2 atom stereocenters. The number of nitrogens with one attached hydrogen (secondary N) is 3. The summed E-state index contributed by atoms with van der Waals surface area (Å²) in [6, 6.07) is 4.92. The van der Waals surface area contributed by atoms with Crippen LogP contribution in [0, 0.1) is 5.82 Å². The molecule has 0 spiro atoms. The van der Waals surface area contributed by atoms with Crippen molar-refractivity contribution in [2.75, 3.05) is 26.1 Å². The van der Waals surface area contributed by atoms with Crippen LogP contribution in [-0.4, -0.2) is 59.7 Å². The highest BCUT2D eigenvalue weighted by atomic mass is 35.5. The number of rotatable bonds is 7. The minimum Gasteiger partial charge on any atom is -0.491 e. The van der Waals surface area contributed by atoms with Gasteiger partial charge in [-0.05, 0) is 30.7 Å². The predicted octanol–water partition coefficient (Wildman–Crippen LogP) is 2.72. The van der Waals surface area contributed by atoms with E-state index in [9.17, 15) is 14.0 Å². The molecule has 3 aromatic rings. The summed E-state index contributed by atoms with van der Waals surface area (Å²) < 4.78 is 24.5. The maximum Gasteiger partial charge on any atom is 0.322 e. The summed E-state index contributed by atoms with van der Waals surface area (Å²) in [4.78, 5) is 37.4. The highest BCUT2D eigenvalue weighted by molar-refractivity contribution is 6.30. The Morgan fingerprint density at radius 2 is 2.06 bits per heavy atom. The van der Waals surface area contributed by atoms with Crippen LogP contribution in [0.4, 0.5) is 15.9 Å². The molecule has 0 saturated carbocycles. The number of pyridine rings is 1. The molecule has 2 aromatic heterocycles. The van der Waals surface area contributed by atoms with Gasteiger partial charge in [0.2, 0.25) is 0 Å². The minimum absolute atomic E-state index is 0.0826. The molecule has 2 unspecified atom stereocenters. The average molecular weight is 501 g/mol. The first-order valence-corrected chi connectivity index (χ1v) is 11.0. The third-order valence-corrected chi connectivity index (χ3v) is 5.65. The van der Waals surface area contributed by atoms with E-state index in [1.165, 1.54) is 51.0 Å². The molecule has 1 aliphatic rings. The van der Waals surface area contributed by atoms with E-state index in [0.29, 0.717) is 23.7 Å². The third-order valence-electron chi connectivity index (χ3n) is 5.41. The van der Waals surface area contributed by atoms with Crippen LogP contribution in [-0.2, 0) is 9.53 Å². The highest BCUT2D eigenvalue weighted by Crippen LogP contribution is 2.30. The Morgan fingerprint density at radius 1 is 1.23 bits per heavy atom. The highest BCUT2D eigenvalue weighted by Gasteiger charge is 2.31. The van der Waals surface area contributed by atoms with Crippen molar-refractivity contribution in [3.8, 4) is 17.1 Å². The number of methoxy groups -OCH3 is 2. The summed E-state index contributed by atoms with van der Waals surface area (Å²) in [6.07, 6.45) is 4.70. The third kappa shape index (κ3) is 5.47. The van der Waals surface area contributed by atoms with E-state index in [1.807, 2.05) is 0 Å². The lowest BCUT2D eigenvalue weighted by Crippen LogP contribution is -2.36. The van der Waals surface area contributed by atoms with Gasteiger partial charge >= 0.3 is 5.97 Å². The Hall–Kier alpha value is -3.83. The summed E-state index contributed by atoms with van der Waals surface area (Å²) in [7, 11) is 2.76. The SMILES string of the molecule is COC(=O)C1CC(NC(=O)c2cnccc2Nc2nc(-c3cc(Cl)ccc3F)ncc2OC)CN1. The Kier molecular flexibility index (Phi) is 7.37. The van der Waals surface area contributed by atoms with Gasteiger partial charge in [0.05, 0.1) is 37.2 Å². The molecule has 3 heterocycles. The summed E-state index contributed by atoms with van der Waals surface area (Å²) in [5.41, 5.74) is 0.748. The molecule has 182 valence electrons. The van der Waals surface area contributed by atoms with Gasteiger partial charge in [-0.1, -0.05) is 11.6 Å². The first kappa shape index (κ1) is 24.3. The maximum absolute atomic E-state index is 14.4. The van der Waals surface area contributed by atoms with E-state index >= 15 is 0 Å². The van der Waals surface area contributed by atoms with Gasteiger partial charge < -0.3 is 25.4 Å². The number of hydrogen-bond donors (Lipinski definition) is 3. The van der Waals surface area contributed by atoms with Gasteiger partial charge in [0.1, 0.15) is 11.9 Å². The lowest BCUT2D eigenvalue weighted by atomic mass is 10.1. The number of esters is 1. The van der Waals surface area contributed by atoms with Crippen LogP contribution in [0.15, 0.2) is 42.9 Å². The van der Waals surface area contributed by atoms with Crippen LogP contribution >= 0.6 is 11.6 Å². The lowest BCUT2D eigenvalue weighted by molar-refractivity contribution is -0.142. The molecule has 0 aliphatic carbocycles. The van der Waals surface area contributed by atoms with Crippen molar-refractivity contribution in [1.29, 1.82) is 0 Å². The van der Waals surface area contributed by atoms with Crippen LogP contribution in [0.1, 0.15) is 16.8 Å². The van der Waals surface area contributed by atoms with E-state index in [4.69, 9.17) is 21.1 Å². The fourth-order valence-electron chi connectivity index (χ4n) is 3.65. The first-order chi connectivity index (χ1) is 16.9. The number of ether oxygens (including phenoxy) is 2. The van der Waals surface area contributed by atoms with Crippen molar-refractivity contribution >= 4 is 35.0 Å². The molecule has 35 heavy (non-hydrogen) atoms. The molecule has 3 N–H and O–H groups in total. The normalized spacial score (nSPS) is 17.0. The molecule has 4 rings (SSSR count). The summed E-state index contributed by atoms with van der Waals surface area (Å²) in [5, 5.41) is 9.30. The zero-order valence-electron chi connectivity index (χ0n) is 18.8. The van der Waals surface area contributed by atoms with Crippen molar-refractivity contribution in [3.05, 3.63) is 59.3 Å². The summed E-state index contributed by atoms with van der Waals surface area (Å²) in [6.45, 7) is 0.419. The second kappa shape index (κ2) is 10.6. The topological polar surface area (TPSA) is 127 Å². The van der Waals surface area contributed by atoms with Crippen molar-refractivity contribution in [3.63, 3.8) is 0 Å². The van der Waals surface area contributed by atoms with Gasteiger partial charge in [0.15, 0.2) is 17.4 Å². The average Bonchev–Trinajstić information content (AvgIpc) is 3.33. The predicted molar refractivity (Wildman–Crippen MR) is 126 cm³/mol. The molecule has 1 aliphatic heterocycles. The zero-order chi connectivity index (χ0) is 24.9. The number of hydrogen-bond acceptors (Lipinski definition) is 9. The molecule has 1 fully saturated rings. The molecule has 10 nitrogen and oxygen atoms in total. The van der Waals surface area contributed by atoms with Gasteiger partial charge in [0.25, 0.3) is 5.91 Å². The smallest absolute Gasteiger partial charge is 0.322 e. The number of amides is 1. The maximum atomic E-state index is 14.4. The Labute approximate surface area is 205 Å². The lowest BCUT2D eigenvalue weighted by Gasteiger charge is -2.16. The van der Waals surface area contributed by atoms with Crippen LogP contribution in [0.2, 0.25) is 5.02 Å². The molecule has 1 saturated heterocycles. The molecular weight excluding hydrogens is 479 g/mol. The minimum atomic E-state index is -0.537. The Bertz CT molecular complexity index is 1260. The summed E-state index contributed by atoms with van der Waals surface area (Å²) >= 11 is 6.01. The number of carbonyl (C=O) groups is 2. The zero-order valence-corrected chi connectivity index (χ0v) is 19.6. The van der Waals surface area contributed by atoms with Crippen LogP contribution < -0.4 is 20.7 Å². The van der Waals surface area contributed by atoms with Crippen LogP contribution in [0.5, 0.6) is 5.75 Å². The first-order valence-electron chi connectivity index (χ1n) is 10.6. The van der Waals surface area contributed by atoms with Crippen LogP contribution in [0.3, 0.4) is 0 Å². The number of nitrogens with zero attached hydrogens (tertiary/aromatic N) is 3.